The fraction of sp³-hybridized carbons (Fsp3) is 0.646. The van der Waals surface area contributed by atoms with Gasteiger partial charge in [-0.1, -0.05) is 237 Å². The van der Waals surface area contributed by atoms with Crippen LogP contribution in [0.4, 0.5) is 0 Å². The third kappa shape index (κ3) is 20.5. The lowest BCUT2D eigenvalue weighted by atomic mass is 9.47. The van der Waals surface area contributed by atoms with Crippen molar-refractivity contribution in [3.8, 4) is 16.9 Å². The van der Waals surface area contributed by atoms with Crippen molar-refractivity contribution in [1.29, 1.82) is 0 Å². The van der Waals surface area contributed by atoms with E-state index in [4.69, 9.17) is 14.2 Å². The zero-order valence-electron chi connectivity index (χ0n) is 56.9. The van der Waals surface area contributed by atoms with Crippen LogP contribution in [0.2, 0.25) is 0 Å². The van der Waals surface area contributed by atoms with Gasteiger partial charge >= 0.3 is 17.9 Å². The van der Waals surface area contributed by atoms with Gasteiger partial charge in [-0.25, -0.2) is 9.59 Å². The first kappa shape index (κ1) is 70.5. The number of rotatable bonds is 29. The van der Waals surface area contributed by atoms with E-state index in [9.17, 15) is 14.4 Å². The number of carbonyl (C=O) groups excluding carboxylic acids is 3. The number of allylic oxidation sites excluding steroid dienone is 1. The molecule has 4 fully saturated rings. The van der Waals surface area contributed by atoms with Crippen molar-refractivity contribution in [2.45, 2.75) is 293 Å². The Balaban J connectivity index is 0.000000196. The van der Waals surface area contributed by atoms with Gasteiger partial charge in [0.15, 0.2) is 0 Å². The first-order valence-corrected chi connectivity index (χ1v) is 36.4. The van der Waals surface area contributed by atoms with Crippen LogP contribution in [0.3, 0.4) is 0 Å². The van der Waals surface area contributed by atoms with Crippen LogP contribution in [-0.2, 0) is 33.5 Å². The zero-order valence-corrected chi connectivity index (χ0v) is 56.9. The number of aryl methyl sites for hydroxylation is 3. The van der Waals surface area contributed by atoms with Gasteiger partial charge in [0.2, 0.25) is 0 Å². The lowest BCUT2D eigenvalue weighted by Crippen LogP contribution is -2.51. The molecule has 0 aromatic heterocycles. The van der Waals surface area contributed by atoms with Gasteiger partial charge in [-0.3, -0.25) is 4.79 Å². The van der Waals surface area contributed by atoms with E-state index in [-0.39, 0.29) is 30.1 Å². The van der Waals surface area contributed by atoms with Gasteiger partial charge in [-0.15, -0.1) is 0 Å². The summed E-state index contributed by atoms with van der Waals surface area (Å²) in [6.45, 7) is 21.2. The van der Waals surface area contributed by atoms with E-state index >= 15 is 0 Å². The molecule has 8 unspecified atom stereocenters. The predicted molar refractivity (Wildman–Crippen MR) is 368 cm³/mol. The highest BCUT2D eigenvalue weighted by Crippen LogP contribution is 2.67. The molecule has 8 atom stereocenters. The topological polar surface area (TPSA) is 78.9 Å². The van der Waals surface area contributed by atoms with Crippen molar-refractivity contribution < 1.29 is 28.6 Å². The van der Waals surface area contributed by atoms with Crippen molar-refractivity contribution in [2.75, 3.05) is 0 Å². The summed E-state index contributed by atoms with van der Waals surface area (Å²) >= 11 is 0. The van der Waals surface area contributed by atoms with Gasteiger partial charge in [0, 0.05) is 12.8 Å². The smallest absolute Gasteiger partial charge is 0.343 e. The summed E-state index contributed by atoms with van der Waals surface area (Å²) in [5.41, 5.74) is 9.95. The van der Waals surface area contributed by atoms with Crippen molar-refractivity contribution >= 4 is 17.9 Å². The van der Waals surface area contributed by atoms with Crippen LogP contribution in [-0.4, -0.2) is 30.1 Å². The lowest BCUT2D eigenvalue weighted by Gasteiger charge is -2.58. The Bertz CT molecular complexity index is 2680. The number of hydrogen-bond acceptors (Lipinski definition) is 6. The van der Waals surface area contributed by atoms with Crippen LogP contribution in [0.25, 0.3) is 11.1 Å². The molecule has 484 valence electrons. The Hall–Kier alpha value is -4.97. The fourth-order valence-electron chi connectivity index (χ4n) is 16.6. The summed E-state index contributed by atoms with van der Waals surface area (Å²) in [7, 11) is 0. The monoisotopic (exact) mass is 1200 g/mol. The Morgan fingerprint density at radius 2 is 1.07 bits per heavy atom. The van der Waals surface area contributed by atoms with Crippen molar-refractivity contribution in [3.05, 3.63) is 137 Å². The fourth-order valence-corrected chi connectivity index (χ4v) is 16.6. The second kappa shape index (κ2) is 36.8. The zero-order chi connectivity index (χ0) is 62.7. The van der Waals surface area contributed by atoms with E-state index in [1.807, 2.05) is 72.8 Å². The molecule has 5 aliphatic rings. The minimum absolute atomic E-state index is 0.0534. The van der Waals surface area contributed by atoms with Crippen molar-refractivity contribution in [1.82, 2.24) is 0 Å². The Morgan fingerprint density at radius 1 is 0.511 bits per heavy atom. The number of unbranched alkanes of at least 4 members (excludes halogenated alkanes) is 12. The third-order valence-electron chi connectivity index (χ3n) is 22.3. The normalized spacial score (nSPS) is 24.8. The Kier molecular flexibility index (Phi) is 29.5. The Labute approximate surface area is 536 Å². The first-order chi connectivity index (χ1) is 42.7. The highest BCUT2D eigenvalue weighted by atomic mass is 16.5. The summed E-state index contributed by atoms with van der Waals surface area (Å²) in [4.78, 5) is 37.2. The summed E-state index contributed by atoms with van der Waals surface area (Å²) in [5.74, 6) is 5.49. The van der Waals surface area contributed by atoms with E-state index in [1.165, 1.54) is 183 Å². The molecule has 0 heterocycles. The van der Waals surface area contributed by atoms with E-state index in [1.54, 1.807) is 5.57 Å². The molecule has 5 aliphatic carbocycles. The van der Waals surface area contributed by atoms with Crippen LogP contribution >= 0.6 is 0 Å². The van der Waals surface area contributed by atoms with E-state index in [0.29, 0.717) is 34.1 Å². The number of hydrogen-bond donors (Lipinski definition) is 0. The number of ether oxygens (including phenoxy) is 3. The molecule has 0 radical (unpaired) electrons. The average Bonchev–Trinajstić information content (AvgIpc) is 1.90. The summed E-state index contributed by atoms with van der Waals surface area (Å²) in [6.07, 6.45) is 44.8. The van der Waals surface area contributed by atoms with E-state index in [0.717, 1.165) is 92.4 Å². The average molecular weight is 1200 g/mol. The molecule has 6 nitrogen and oxygen atoms in total. The van der Waals surface area contributed by atoms with Crippen LogP contribution in [0, 0.1) is 46.3 Å². The van der Waals surface area contributed by atoms with Gasteiger partial charge in [0.1, 0.15) is 18.0 Å². The molecule has 0 bridgehead atoms. The van der Waals surface area contributed by atoms with Crippen molar-refractivity contribution in [2.24, 2.45) is 46.3 Å². The van der Waals surface area contributed by atoms with Gasteiger partial charge in [0.05, 0.1) is 11.1 Å². The Morgan fingerprint density at radius 3 is 1.72 bits per heavy atom. The highest BCUT2D eigenvalue weighted by molar-refractivity contribution is 5.91. The molecule has 4 aromatic rings. The van der Waals surface area contributed by atoms with E-state index < -0.39 is 0 Å². The maximum Gasteiger partial charge on any atom is 0.343 e. The van der Waals surface area contributed by atoms with Gasteiger partial charge in [-0.2, -0.15) is 0 Å². The quantitative estimate of drug-likeness (QED) is 0.0233. The molecular formula is C82H120O6. The number of benzene rings is 4. The molecule has 0 spiro atoms. The molecule has 0 amide bonds. The molecule has 6 heteroatoms. The predicted octanol–water partition coefficient (Wildman–Crippen LogP) is 23.2. The minimum Gasteiger partial charge on any atom is -0.462 e. The highest BCUT2D eigenvalue weighted by Gasteiger charge is 2.59. The van der Waals surface area contributed by atoms with Gasteiger partial charge < -0.3 is 14.2 Å². The maximum absolute atomic E-state index is 12.6. The van der Waals surface area contributed by atoms with Gasteiger partial charge in [-0.05, 0) is 213 Å². The third-order valence-corrected chi connectivity index (χ3v) is 22.3. The minimum atomic E-state index is -0.304. The molecule has 0 saturated heterocycles. The number of esters is 3. The molecule has 0 N–H and O–H groups in total. The molecule has 88 heavy (non-hydrogen) atoms. The molecule has 0 aliphatic heterocycles. The molecular weight excluding hydrogens is 1080 g/mol. The van der Waals surface area contributed by atoms with Gasteiger partial charge in [0.25, 0.3) is 0 Å². The number of fused-ring (bicyclic) bond motifs is 5. The second-order valence-corrected chi connectivity index (χ2v) is 28.4. The lowest BCUT2D eigenvalue weighted by molar-refractivity contribution is -0.151. The second-order valence-electron chi connectivity index (χ2n) is 28.4. The van der Waals surface area contributed by atoms with Crippen molar-refractivity contribution in [3.63, 3.8) is 0 Å². The van der Waals surface area contributed by atoms with Crippen LogP contribution < -0.4 is 4.74 Å². The van der Waals surface area contributed by atoms with Crippen LogP contribution in [0.1, 0.15) is 299 Å². The summed E-state index contributed by atoms with van der Waals surface area (Å²) < 4.78 is 17.2. The summed E-state index contributed by atoms with van der Waals surface area (Å²) in [5, 5.41) is 0. The van der Waals surface area contributed by atoms with E-state index in [2.05, 4.69) is 92.7 Å². The maximum atomic E-state index is 12.6. The van der Waals surface area contributed by atoms with Crippen LogP contribution in [0.5, 0.6) is 5.75 Å². The molecule has 4 aromatic carbocycles. The van der Waals surface area contributed by atoms with Crippen LogP contribution in [0.15, 0.2) is 109 Å². The summed E-state index contributed by atoms with van der Waals surface area (Å²) in [6, 6.07) is 31.8. The standard InChI is InChI=1S/C36H62O2.C26H34O2.C20H24O2/c1-6-8-10-12-13-15-17-34(37)38-29-22-24-35(4)28(26-29)18-19-30-32-21-20-31(27(3)16-14-11-9-7-2)36(32,5)25-23-33(30)35;1-3-5-6-7-21-10-18-25(19-11-21)28-26(27)24-16-14-23(15-17-24)22-12-8-20(4-2)9-13-22;1-3-5-6-7-17-10-14-19(15-11-17)22-20(21)18-12-8-16(4-2)9-13-18/h18,27,29-33H,6-17,19-26H2,1-5H3;8-9,12-17,21,25H,3-7,10-11,18-19H2,1-2H3;8-15H,3-7H2,1-2H3. The SMILES string of the molecule is CCCCCC1CCC(OC(=O)c2ccc(-c3ccc(CC)cc3)cc2)CC1.CCCCCCCCC(=O)OC1CCC2(C)C(=CCC3C2CCC2(C)C(C(C)CCCCCC)CCC32)C1.CCCCCc1ccc(OC(=O)c2ccc(CC)cc2)cc1. The number of carbonyl (C=O) groups is 3. The molecule has 4 saturated carbocycles. The first-order valence-electron chi connectivity index (χ1n) is 36.4. The molecule has 9 rings (SSSR count). The largest absolute Gasteiger partial charge is 0.462 e.